The Hall–Kier alpha value is -1.15. The smallest absolute Gasteiger partial charge is 0.120 e. The molecule has 1 aromatic carbocycles. The van der Waals surface area contributed by atoms with Crippen molar-refractivity contribution in [3.05, 3.63) is 28.9 Å². The van der Waals surface area contributed by atoms with Gasteiger partial charge in [-0.2, -0.15) is 0 Å². The molecule has 0 radical (unpaired) electrons. The van der Waals surface area contributed by atoms with Crippen molar-refractivity contribution >= 4 is 22.5 Å². The van der Waals surface area contributed by atoms with Crippen molar-refractivity contribution in [3.63, 3.8) is 0 Å². The first kappa shape index (κ1) is 11.3. The average molecular weight is 238 g/mol. The van der Waals surface area contributed by atoms with Crippen LogP contribution in [0, 0.1) is 6.92 Å². The lowest BCUT2D eigenvalue weighted by Crippen LogP contribution is -2.00. The lowest BCUT2D eigenvalue weighted by molar-refractivity contribution is 0.415. The number of hydrogen-bond donors (Lipinski definition) is 0. The molecule has 1 aromatic heterocycles. The minimum Gasteiger partial charge on any atom is -0.497 e. The Morgan fingerprint density at radius 2 is 2.00 bits per heavy atom. The second-order valence-electron chi connectivity index (χ2n) is 4.26. The van der Waals surface area contributed by atoms with Crippen LogP contribution in [0.15, 0.2) is 18.2 Å². The molecule has 2 nitrogen and oxygen atoms in total. The number of benzene rings is 1. The van der Waals surface area contributed by atoms with Crippen molar-refractivity contribution in [2.24, 2.45) is 0 Å². The summed E-state index contributed by atoms with van der Waals surface area (Å²) in [7, 11) is 1.68. The topological polar surface area (TPSA) is 14.2 Å². The highest BCUT2D eigenvalue weighted by Gasteiger charge is 2.14. The van der Waals surface area contributed by atoms with Crippen LogP contribution < -0.4 is 4.74 Å². The summed E-state index contributed by atoms with van der Waals surface area (Å²) in [4.78, 5) is 0. The zero-order valence-corrected chi connectivity index (χ0v) is 10.8. The zero-order chi connectivity index (χ0) is 11.9. The normalized spacial score (nSPS) is 11.4. The van der Waals surface area contributed by atoms with E-state index in [-0.39, 0.29) is 0 Å². The molecule has 86 valence electrons. The maximum atomic E-state index is 6.35. The fourth-order valence-electron chi connectivity index (χ4n) is 2.06. The number of aromatic nitrogens is 1. The molecule has 0 aliphatic carbocycles. The average Bonchev–Trinajstić information content (AvgIpc) is 2.51. The molecule has 16 heavy (non-hydrogen) atoms. The largest absolute Gasteiger partial charge is 0.497 e. The Morgan fingerprint density at radius 3 is 2.56 bits per heavy atom. The molecule has 0 saturated carbocycles. The first-order chi connectivity index (χ1) is 7.56. The van der Waals surface area contributed by atoms with Gasteiger partial charge in [0.15, 0.2) is 0 Å². The molecule has 0 spiro atoms. The van der Waals surface area contributed by atoms with Gasteiger partial charge < -0.3 is 9.30 Å². The molecule has 0 bridgehead atoms. The second kappa shape index (κ2) is 4.02. The molecule has 0 saturated heterocycles. The van der Waals surface area contributed by atoms with Crippen LogP contribution in [-0.2, 0) is 0 Å². The Kier molecular flexibility index (Phi) is 2.85. The molecular formula is C13H16ClNO. The van der Waals surface area contributed by atoms with Gasteiger partial charge in [0.25, 0.3) is 0 Å². The summed E-state index contributed by atoms with van der Waals surface area (Å²) >= 11 is 6.35. The van der Waals surface area contributed by atoms with E-state index in [1.807, 2.05) is 12.1 Å². The fourth-order valence-corrected chi connectivity index (χ4v) is 2.45. The van der Waals surface area contributed by atoms with Gasteiger partial charge in [0, 0.05) is 17.5 Å². The van der Waals surface area contributed by atoms with Crippen LogP contribution in [0.1, 0.15) is 25.5 Å². The van der Waals surface area contributed by atoms with Crippen molar-refractivity contribution in [1.82, 2.24) is 4.57 Å². The van der Waals surface area contributed by atoms with E-state index in [9.17, 15) is 0 Å². The van der Waals surface area contributed by atoms with Crippen molar-refractivity contribution in [1.29, 1.82) is 0 Å². The highest BCUT2D eigenvalue weighted by Crippen LogP contribution is 2.34. The van der Waals surface area contributed by atoms with Gasteiger partial charge in [-0.1, -0.05) is 11.6 Å². The van der Waals surface area contributed by atoms with Crippen LogP contribution in [0.3, 0.4) is 0 Å². The van der Waals surface area contributed by atoms with E-state index in [1.54, 1.807) is 7.11 Å². The molecule has 2 rings (SSSR count). The lowest BCUT2D eigenvalue weighted by atomic mass is 10.2. The quantitative estimate of drug-likeness (QED) is 0.764. The Balaban J connectivity index is 2.81. The molecule has 0 amide bonds. The van der Waals surface area contributed by atoms with Gasteiger partial charge in [-0.3, -0.25) is 0 Å². The van der Waals surface area contributed by atoms with E-state index < -0.39 is 0 Å². The third-order valence-corrected chi connectivity index (χ3v) is 3.37. The van der Waals surface area contributed by atoms with Crippen LogP contribution in [0.2, 0.25) is 5.15 Å². The molecule has 1 heterocycles. The monoisotopic (exact) mass is 237 g/mol. The number of halogens is 1. The predicted octanol–water partition coefficient (Wildman–Crippen LogP) is 4.19. The molecule has 0 atom stereocenters. The van der Waals surface area contributed by atoms with Crippen LogP contribution in [0.4, 0.5) is 0 Å². The van der Waals surface area contributed by atoms with Gasteiger partial charge in [-0.25, -0.2) is 0 Å². The van der Waals surface area contributed by atoms with Crippen molar-refractivity contribution in [2.75, 3.05) is 7.11 Å². The van der Waals surface area contributed by atoms with E-state index in [1.165, 1.54) is 5.39 Å². The van der Waals surface area contributed by atoms with Crippen LogP contribution in [0.25, 0.3) is 10.9 Å². The summed E-state index contributed by atoms with van der Waals surface area (Å²) in [5.41, 5.74) is 2.27. The standard InChI is InChI=1S/C13H16ClNO/c1-8(2)15-12-7-10(16-4)5-6-11(12)9(3)13(15)14/h5-8H,1-4H3. The maximum absolute atomic E-state index is 6.35. The summed E-state index contributed by atoms with van der Waals surface area (Å²) in [6.07, 6.45) is 0. The molecule has 2 aromatic rings. The van der Waals surface area contributed by atoms with Gasteiger partial charge in [-0.15, -0.1) is 0 Å². The minimum absolute atomic E-state index is 0.343. The van der Waals surface area contributed by atoms with E-state index in [4.69, 9.17) is 16.3 Å². The summed E-state index contributed by atoms with van der Waals surface area (Å²) < 4.78 is 7.38. The third-order valence-electron chi connectivity index (χ3n) is 2.91. The minimum atomic E-state index is 0.343. The van der Waals surface area contributed by atoms with Crippen LogP contribution >= 0.6 is 11.6 Å². The van der Waals surface area contributed by atoms with Crippen LogP contribution in [0.5, 0.6) is 5.75 Å². The summed E-state index contributed by atoms with van der Waals surface area (Å²) in [6, 6.07) is 6.41. The van der Waals surface area contributed by atoms with Gasteiger partial charge in [0.05, 0.1) is 12.6 Å². The number of rotatable bonds is 2. The lowest BCUT2D eigenvalue weighted by Gasteiger charge is -2.11. The summed E-state index contributed by atoms with van der Waals surface area (Å²) in [5.74, 6) is 0.864. The molecule has 0 N–H and O–H groups in total. The molecule has 0 fully saturated rings. The first-order valence-electron chi connectivity index (χ1n) is 5.40. The van der Waals surface area contributed by atoms with Crippen molar-refractivity contribution in [2.45, 2.75) is 26.8 Å². The van der Waals surface area contributed by atoms with Crippen molar-refractivity contribution < 1.29 is 4.74 Å². The molecular weight excluding hydrogens is 222 g/mol. The van der Waals surface area contributed by atoms with E-state index in [2.05, 4.69) is 31.4 Å². The van der Waals surface area contributed by atoms with E-state index in [0.717, 1.165) is 22.0 Å². The first-order valence-corrected chi connectivity index (χ1v) is 5.78. The van der Waals surface area contributed by atoms with Crippen molar-refractivity contribution in [3.8, 4) is 5.75 Å². The third kappa shape index (κ3) is 1.57. The zero-order valence-electron chi connectivity index (χ0n) is 10.0. The molecule has 0 aliphatic heterocycles. The number of nitrogens with zero attached hydrogens (tertiary/aromatic N) is 1. The summed E-state index contributed by atoms with van der Waals surface area (Å²) in [5, 5.41) is 2.01. The molecule has 3 heteroatoms. The number of hydrogen-bond acceptors (Lipinski definition) is 1. The highest BCUT2D eigenvalue weighted by atomic mass is 35.5. The molecule has 0 unspecified atom stereocenters. The predicted molar refractivity (Wildman–Crippen MR) is 68.6 cm³/mol. The van der Waals surface area contributed by atoms with E-state index >= 15 is 0 Å². The second-order valence-corrected chi connectivity index (χ2v) is 4.62. The van der Waals surface area contributed by atoms with Gasteiger partial charge in [0.1, 0.15) is 10.9 Å². The van der Waals surface area contributed by atoms with E-state index in [0.29, 0.717) is 6.04 Å². The number of ether oxygens (including phenoxy) is 1. The molecule has 0 aliphatic rings. The Bertz CT molecular complexity index is 528. The maximum Gasteiger partial charge on any atom is 0.120 e. The Morgan fingerprint density at radius 1 is 1.31 bits per heavy atom. The van der Waals surface area contributed by atoms with Gasteiger partial charge in [-0.05, 0) is 38.5 Å². The van der Waals surface area contributed by atoms with Gasteiger partial charge >= 0.3 is 0 Å². The van der Waals surface area contributed by atoms with Gasteiger partial charge in [0.2, 0.25) is 0 Å². The number of fused-ring (bicyclic) bond motifs is 1. The number of aryl methyl sites for hydroxylation is 1. The van der Waals surface area contributed by atoms with Crippen LogP contribution in [-0.4, -0.2) is 11.7 Å². The fraction of sp³-hybridized carbons (Fsp3) is 0.385. The SMILES string of the molecule is COc1ccc2c(C)c(Cl)n(C(C)C)c2c1. The summed E-state index contributed by atoms with van der Waals surface area (Å²) in [6.45, 7) is 6.31. The Labute approximate surface area is 101 Å². The number of methoxy groups -OCH3 is 1. The highest BCUT2D eigenvalue weighted by molar-refractivity contribution is 6.32.